The maximum atomic E-state index is 12.5. The highest BCUT2D eigenvalue weighted by Gasteiger charge is 2.35. The van der Waals surface area contributed by atoms with Gasteiger partial charge in [0.1, 0.15) is 17.0 Å². The van der Waals surface area contributed by atoms with E-state index in [1.807, 2.05) is 0 Å². The Morgan fingerprint density at radius 1 is 1.45 bits per heavy atom. The van der Waals surface area contributed by atoms with Gasteiger partial charge in [-0.05, 0) is 19.8 Å². The molecular formula is C11H12ClF3N4O. The molecule has 20 heavy (non-hydrogen) atoms. The summed E-state index contributed by atoms with van der Waals surface area (Å²) >= 11 is 5.52. The molecule has 1 atom stereocenters. The summed E-state index contributed by atoms with van der Waals surface area (Å²) < 4.78 is 37.6. The van der Waals surface area contributed by atoms with E-state index in [-0.39, 0.29) is 22.9 Å². The average molecular weight is 309 g/mol. The highest BCUT2D eigenvalue weighted by Crippen LogP contribution is 2.28. The van der Waals surface area contributed by atoms with Gasteiger partial charge in [0, 0.05) is 12.1 Å². The fourth-order valence-corrected chi connectivity index (χ4v) is 1.64. The van der Waals surface area contributed by atoms with E-state index in [9.17, 15) is 18.0 Å². The van der Waals surface area contributed by atoms with Crippen LogP contribution in [0.25, 0.3) is 0 Å². The Morgan fingerprint density at radius 2 is 2.10 bits per heavy atom. The van der Waals surface area contributed by atoms with E-state index in [2.05, 4.69) is 20.6 Å². The first-order valence-electron chi connectivity index (χ1n) is 5.94. The summed E-state index contributed by atoms with van der Waals surface area (Å²) in [7, 11) is 0. The zero-order valence-electron chi connectivity index (χ0n) is 10.5. The van der Waals surface area contributed by atoms with Crippen molar-refractivity contribution in [1.82, 2.24) is 15.3 Å². The number of nitrogens with zero attached hydrogens (tertiary/aromatic N) is 2. The zero-order valence-corrected chi connectivity index (χ0v) is 11.2. The van der Waals surface area contributed by atoms with Crippen molar-refractivity contribution < 1.29 is 18.0 Å². The van der Waals surface area contributed by atoms with Crippen LogP contribution < -0.4 is 10.6 Å². The van der Waals surface area contributed by atoms with Gasteiger partial charge in [-0.3, -0.25) is 4.79 Å². The summed E-state index contributed by atoms with van der Waals surface area (Å²) in [5.74, 6) is -1.78. The van der Waals surface area contributed by atoms with Gasteiger partial charge in [-0.15, -0.1) is 0 Å². The maximum absolute atomic E-state index is 12.5. The molecule has 1 saturated carbocycles. The Hall–Kier alpha value is -1.57. The lowest BCUT2D eigenvalue weighted by molar-refractivity contribution is -0.144. The molecule has 1 aliphatic rings. The maximum Gasteiger partial charge on any atom is 0.451 e. The summed E-state index contributed by atoms with van der Waals surface area (Å²) in [6, 6.07) is 0.589. The topological polar surface area (TPSA) is 66.9 Å². The van der Waals surface area contributed by atoms with Gasteiger partial charge in [0.2, 0.25) is 11.7 Å². The second-order valence-corrected chi connectivity index (χ2v) is 4.93. The summed E-state index contributed by atoms with van der Waals surface area (Å²) in [5.41, 5.74) is 0. The quantitative estimate of drug-likeness (QED) is 0.837. The number of alkyl halides is 3. The van der Waals surface area contributed by atoms with E-state index in [4.69, 9.17) is 11.6 Å². The Morgan fingerprint density at radius 3 is 2.65 bits per heavy atom. The normalized spacial score (nSPS) is 16.6. The highest BCUT2D eigenvalue weighted by molar-refractivity contribution is 6.29. The van der Waals surface area contributed by atoms with Gasteiger partial charge in [0.25, 0.3) is 0 Å². The molecule has 1 unspecified atom stereocenters. The molecule has 0 spiro atoms. The number of hydrogen-bond donors (Lipinski definition) is 2. The number of rotatable bonds is 4. The molecule has 1 aromatic rings. The number of carbonyl (C=O) groups is 1. The number of nitrogens with one attached hydrogen (secondary N) is 2. The third kappa shape index (κ3) is 3.96. The van der Waals surface area contributed by atoms with Crippen LogP contribution in [0.2, 0.25) is 5.15 Å². The van der Waals surface area contributed by atoms with Crippen LogP contribution in [0.15, 0.2) is 6.07 Å². The minimum absolute atomic E-state index is 0.143. The van der Waals surface area contributed by atoms with Crippen LogP contribution in [0.3, 0.4) is 0 Å². The van der Waals surface area contributed by atoms with Crippen LogP contribution in [0, 0.1) is 0 Å². The second kappa shape index (κ2) is 5.43. The fraction of sp³-hybridized carbons (Fsp3) is 0.545. The molecule has 1 fully saturated rings. The zero-order chi connectivity index (χ0) is 14.9. The number of carbonyl (C=O) groups excluding carboxylic acids is 1. The average Bonchev–Trinajstić information content (AvgIpc) is 3.10. The molecule has 1 heterocycles. The monoisotopic (exact) mass is 308 g/mol. The minimum Gasteiger partial charge on any atom is -0.358 e. The van der Waals surface area contributed by atoms with Gasteiger partial charge in [0.05, 0.1) is 0 Å². The van der Waals surface area contributed by atoms with Crippen molar-refractivity contribution in [2.75, 3.05) is 5.32 Å². The molecule has 2 N–H and O–H groups in total. The predicted octanol–water partition coefficient (Wildman–Crippen LogP) is 2.23. The van der Waals surface area contributed by atoms with Crippen LogP contribution in [-0.2, 0) is 11.0 Å². The fourth-order valence-electron chi connectivity index (χ4n) is 1.46. The molecule has 1 aliphatic carbocycles. The molecule has 2 rings (SSSR count). The van der Waals surface area contributed by atoms with E-state index in [1.54, 1.807) is 0 Å². The number of halogens is 4. The predicted molar refractivity (Wildman–Crippen MR) is 66.3 cm³/mol. The summed E-state index contributed by atoms with van der Waals surface area (Å²) in [6.45, 7) is 1.53. The van der Waals surface area contributed by atoms with Crippen molar-refractivity contribution >= 4 is 23.3 Å². The van der Waals surface area contributed by atoms with Crippen LogP contribution in [0.4, 0.5) is 19.0 Å². The molecular weight excluding hydrogens is 297 g/mol. The second-order valence-electron chi connectivity index (χ2n) is 4.55. The number of amides is 1. The first-order chi connectivity index (χ1) is 9.25. The first-order valence-corrected chi connectivity index (χ1v) is 6.32. The molecule has 0 bridgehead atoms. The third-order valence-electron chi connectivity index (χ3n) is 2.63. The van der Waals surface area contributed by atoms with Crippen molar-refractivity contribution in [3.8, 4) is 0 Å². The van der Waals surface area contributed by atoms with E-state index >= 15 is 0 Å². The van der Waals surface area contributed by atoms with Crippen molar-refractivity contribution in [3.05, 3.63) is 17.0 Å². The lowest BCUT2D eigenvalue weighted by Gasteiger charge is -2.15. The smallest absolute Gasteiger partial charge is 0.358 e. The van der Waals surface area contributed by atoms with Gasteiger partial charge in [0.15, 0.2) is 0 Å². The Kier molecular flexibility index (Phi) is 4.03. The Bertz CT molecular complexity index is 519. The van der Waals surface area contributed by atoms with E-state index < -0.39 is 18.0 Å². The van der Waals surface area contributed by atoms with E-state index in [0.29, 0.717) is 0 Å². The van der Waals surface area contributed by atoms with Gasteiger partial charge in [-0.2, -0.15) is 13.2 Å². The van der Waals surface area contributed by atoms with Crippen molar-refractivity contribution in [2.45, 2.75) is 38.0 Å². The lowest BCUT2D eigenvalue weighted by Crippen LogP contribution is -2.39. The van der Waals surface area contributed by atoms with Gasteiger partial charge in [-0.25, -0.2) is 9.97 Å². The summed E-state index contributed by atoms with van der Waals surface area (Å²) in [6.07, 6.45) is -2.84. The third-order valence-corrected chi connectivity index (χ3v) is 2.82. The van der Waals surface area contributed by atoms with Crippen LogP contribution in [0.5, 0.6) is 0 Å². The van der Waals surface area contributed by atoms with Gasteiger partial charge >= 0.3 is 6.18 Å². The summed E-state index contributed by atoms with van der Waals surface area (Å²) in [4.78, 5) is 18.1. The van der Waals surface area contributed by atoms with Crippen molar-refractivity contribution in [3.63, 3.8) is 0 Å². The highest BCUT2D eigenvalue weighted by atomic mass is 35.5. The Balaban J connectivity index is 2.08. The standard InChI is InChI=1S/C11H12ClF3N4O/c1-5(9(20)17-6-2-3-6)16-8-4-7(12)18-10(19-8)11(13,14)15/h4-6H,2-3H2,1H3,(H,17,20)(H,16,18,19). The van der Waals surface area contributed by atoms with E-state index in [1.165, 1.54) is 6.92 Å². The lowest BCUT2D eigenvalue weighted by atomic mass is 10.3. The van der Waals surface area contributed by atoms with Crippen molar-refractivity contribution in [1.29, 1.82) is 0 Å². The Labute approximate surface area is 117 Å². The van der Waals surface area contributed by atoms with Crippen LogP contribution in [0.1, 0.15) is 25.6 Å². The van der Waals surface area contributed by atoms with Crippen LogP contribution in [-0.4, -0.2) is 28.0 Å². The SMILES string of the molecule is CC(Nc1cc(Cl)nc(C(F)(F)F)n1)C(=O)NC1CC1. The van der Waals surface area contributed by atoms with E-state index in [0.717, 1.165) is 18.9 Å². The molecule has 0 saturated heterocycles. The first kappa shape index (κ1) is 14.8. The number of hydrogen-bond acceptors (Lipinski definition) is 4. The molecule has 9 heteroatoms. The molecule has 5 nitrogen and oxygen atoms in total. The van der Waals surface area contributed by atoms with Gasteiger partial charge < -0.3 is 10.6 Å². The minimum atomic E-state index is -4.69. The molecule has 1 aromatic heterocycles. The summed E-state index contributed by atoms with van der Waals surface area (Å²) in [5, 5.41) is 4.97. The molecule has 0 radical (unpaired) electrons. The molecule has 110 valence electrons. The number of aromatic nitrogens is 2. The number of anilines is 1. The molecule has 0 aromatic carbocycles. The van der Waals surface area contributed by atoms with Gasteiger partial charge in [-0.1, -0.05) is 11.6 Å². The van der Waals surface area contributed by atoms with Crippen molar-refractivity contribution in [2.24, 2.45) is 0 Å². The largest absolute Gasteiger partial charge is 0.451 e. The molecule has 0 aliphatic heterocycles. The molecule has 1 amide bonds. The van der Waals surface area contributed by atoms with Crippen LogP contribution >= 0.6 is 11.6 Å².